The highest BCUT2D eigenvalue weighted by atomic mass is 35.5. The van der Waals surface area contributed by atoms with E-state index in [-0.39, 0.29) is 85.6 Å². The highest BCUT2D eigenvalue weighted by Gasteiger charge is 2.92. The van der Waals surface area contributed by atoms with E-state index in [2.05, 4.69) is 103 Å². The molecular formula is C100H141Cl3N10O18Si2. The van der Waals surface area contributed by atoms with Crippen LogP contribution in [0.3, 0.4) is 0 Å². The minimum absolute atomic E-state index is 0.0412. The average Bonchev–Trinajstić information content (AvgIpc) is 1.47. The van der Waals surface area contributed by atoms with Crippen molar-refractivity contribution >= 4 is 87.3 Å². The molecule has 0 aliphatic heterocycles. The van der Waals surface area contributed by atoms with E-state index in [9.17, 15) is 33.9 Å². The molecular weight excluding hydrogens is 1790 g/mol. The van der Waals surface area contributed by atoms with Crippen molar-refractivity contribution in [3.8, 4) is 29.3 Å². The molecule has 15 aliphatic rings. The second kappa shape index (κ2) is 34.0. The summed E-state index contributed by atoms with van der Waals surface area (Å²) in [6.07, 6.45) is 31.4. The Hall–Kier alpha value is -7.46. The maximum absolute atomic E-state index is 12.4. The number of halogens is 3. The third kappa shape index (κ3) is 19.6. The normalized spacial score (nSPS) is 23.0. The number of carbonyl (C=O) groups excluding carboxylic acids is 6. The first-order chi connectivity index (χ1) is 61.9. The standard InChI is InChI=1S/C28H40ClN3O4Si.C18H30N2O2Si.C17H24N2O4.C17H22N2O4.C10H11Cl2NO2.C10H14O2/c1-25(2,3)35-24(33)18-9-10-20(30-23(18)29)32-16-11-21(31-32)34-17-19(36-37(7,8)26(4,5)6)22-27(12-13-27)28(22)14-15-28;1-16(2,3)23(4,5)22-13(12-21-14-6-11-19-20-14)15-17(7-8-17)18(15)9-10-18;2*1-15(2,3)23-14(21)19-9-4-12(18-19)22-10-11(20)13-16(5-6-16)17(13)7-8-17;1-10(2,3)15-9(14)6-4-5-7(11)13-8(6)12;1-2-12-8(11)7-9(3-4-9)10(7)5-6-10/h9-11,16,19,22H,12-15,17H2,1-8H3;6,11,13,15H,7-10,12H2,1-5H3,(H,19,20);4,9,11,13,20H,5-8,10H2,1-3H3;4,9,13H,5-8,10H2,1-3H3;4-5H,1-3H3;7H,2-6H2,1H3. The number of pyridine rings is 2. The molecule has 28 nitrogen and oxygen atoms in total. The minimum atomic E-state index is -1.95. The Labute approximate surface area is 800 Å². The van der Waals surface area contributed by atoms with Gasteiger partial charge in [0.1, 0.15) is 64.3 Å². The van der Waals surface area contributed by atoms with Crippen LogP contribution in [0.15, 0.2) is 73.3 Å². The molecule has 21 rings (SSSR count). The summed E-state index contributed by atoms with van der Waals surface area (Å²) < 4.78 is 67.0. The second-order valence-electron chi connectivity index (χ2n) is 47.9. The van der Waals surface area contributed by atoms with Crippen molar-refractivity contribution in [2.75, 3.05) is 33.0 Å². The molecule has 3 atom stereocenters. The number of Topliss-reactive ketones (excluding diaryl/α,β-unsaturated/α-hetero) is 1. The SMILES string of the molecule is CC(C)(C)OC(=O)c1ccc(-n2ccc(OCC(O[Si](C)(C)C(C)(C)C)C3C4(CC4)C34CC4)n2)nc1Cl.CC(C)(C)OC(=O)c1ccc(Cl)nc1Cl.CC(C)(C)OC(=O)n1ccc(OCC(=O)C2C3(CC3)C23CC3)n1.CC(C)(C)OC(=O)n1ccc(OCC(O)C2C3(CC3)C23CC3)n1.CC(C)(C)[Si](C)(C)OC(COc1ccn[nH]1)C1C2(CC2)C12CC2.CCOC(=O)C1C2(CC2)C12CC2. The van der Waals surface area contributed by atoms with E-state index in [1.165, 1.54) is 153 Å². The second-order valence-corrected chi connectivity index (χ2v) is 58.5. The van der Waals surface area contributed by atoms with Gasteiger partial charge in [-0.1, -0.05) is 76.3 Å². The van der Waals surface area contributed by atoms with Crippen molar-refractivity contribution in [1.29, 1.82) is 0 Å². The molecule has 6 aromatic heterocycles. The third-order valence-corrected chi connectivity index (χ3v) is 42.5. The van der Waals surface area contributed by atoms with Gasteiger partial charge < -0.3 is 56.6 Å². The molecule has 2 N–H and O–H groups in total. The van der Waals surface area contributed by atoms with Crippen molar-refractivity contribution < 1.29 is 85.4 Å². The van der Waals surface area contributed by atoms with Crippen molar-refractivity contribution in [3.63, 3.8) is 0 Å². The van der Waals surface area contributed by atoms with Gasteiger partial charge in [-0.2, -0.15) is 14.5 Å². The van der Waals surface area contributed by atoms with Gasteiger partial charge in [0.15, 0.2) is 28.2 Å². The number of ether oxygens (including phenoxy) is 9. The van der Waals surface area contributed by atoms with Gasteiger partial charge in [0, 0.05) is 54.7 Å². The van der Waals surface area contributed by atoms with Gasteiger partial charge in [0.2, 0.25) is 23.5 Å². The highest BCUT2D eigenvalue weighted by Crippen LogP contribution is 2.96. The van der Waals surface area contributed by atoms with Crippen LogP contribution < -0.4 is 18.9 Å². The number of aliphatic hydroxyl groups excluding tert-OH is 1. The number of nitrogens with one attached hydrogen (secondary N) is 1. The first-order valence-corrected chi connectivity index (χ1v) is 55.2. The van der Waals surface area contributed by atoms with Crippen molar-refractivity contribution in [3.05, 3.63) is 99.9 Å². The monoisotopic (exact) mass is 1930 g/mol. The van der Waals surface area contributed by atoms with E-state index in [1.807, 2.05) is 39.8 Å². The number of H-pyrrole nitrogens is 1. The summed E-state index contributed by atoms with van der Waals surface area (Å²) >= 11 is 17.7. The molecule has 10 spiro atoms. The Morgan fingerprint density at radius 1 is 0.444 bits per heavy atom. The maximum Gasteiger partial charge on any atom is 0.435 e. The summed E-state index contributed by atoms with van der Waals surface area (Å²) in [5.41, 5.74) is 3.00. The number of ketones is 1. The van der Waals surface area contributed by atoms with E-state index >= 15 is 0 Å². The molecule has 0 radical (unpaired) electrons. The number of aromatic nitrogens is 10. The number of fused-ring (bicyclic) bond motifs is 5. The zero-order valence-corrected chi connectivity index (χ0v) is 86.5. The molecule has 15 saturated carbocycles. The summed E-state index contributed by atoms with van der Waals surface area (Å²) in [6.45, 7) is 48.6. The van der Waals surface area contributed by atoms with E-state index in [4.69, 9.17) is 86.3 Å². The van der Waals surface area contributed by atoms with Crippen LogP contribution in [0.25, 0.3) is 5.82 Å². The number of aliphatic hydroxyl groups is 1. The van der Waals surface area contributed by atoms with E-state index in [0.29, 0.717) is 109 Å². The number of esters is 3. The predicted molar refractivity (Wildman–Crippen MR) is 505 cm³/mol. The van der Waals surface area contributed by atoms with E-state index in [0.717, 1.165) is 21.2 Å². The topological polar surface area (TPSA) is 332 Å². The molecule has 15 aliphatic carbocycles. The van der Waals surface area contributed by atoms with Crippen LogP contribution in [0.2, 0.25) is 51.7 Å². The quantitative estimate of drug-likeness (QED) is 0.0233. The third-order valence-electron chi connectivity index (χ3n) is 32.7. The highest BCUT2D eigenvalue weighted by molar-refractivity contribution is 6.74. The van der Waals surface area contributed by atoms with Gasteiger partial charge in [0.05, 0.1) is 48.2 Å². The fraction of sp³-hybridized carbons (Fsp3) is 0.720. The first kappa shape index (κ1) is 98.6. The largest absolute Gasteiger partial charge is 0.475 e. The molecule has 133 heavy (non-hydrogen) atoms. The van der Waals surface area contributed by atoms with Crippen molar-refractivity contribution in [2.24, 2.45) is 83.7 Å². The summed E-state index contributed by atoms with van der Waals surface area (Å²) in [5, 5.41) is 30.7. The lowest BCUT2D eigenvalue weighted by atomic mass is 10.2. The first-order valence-electron chi connectivity index (χ1n) is 48.2. The molecule has 15 fully saturated rings. The van der Waals surface area contributed by atoms with Gasteiger partial charge in [0.25, 0.3) is 0 Å². The molecule has 0 amide bonds. The fourth-order valence-electron chi connectivity index (χ4n) is 23.3. The summed E-state index contributed by atoms with van der Waals surface area (Å²) in [5.74, 6) is 3.92. The van der Waals surface area contributed by atoms with Gasteiger partial charge in [-0.15, -0.1) is 15.3 Å². The predicted octanol–water partition coefficient (Wildman–Crippen LogP) is 21.7. The number of aromatic amines is 1. The van der Waals surface area contributed by atoms with Crippen molar-refractivity contribution in [2.45, 2.75) is 337 Å². The van der Waals surface area contributed by atoms with Gasteiger partial charge >= 0.3 is 30.1 Å². The molecule has 6 heterocycles. The van der Waals surface area contributed by atoms with Crippen LogP contribution in [0.4, 0.5) is 9.59 Å². The fourth-order valence-corrected chi connectivity index (χ4v) is 26.6. The Morgan fingerprint density at radius 2 is 0.812 bits per heavy atom. The molecule has 6 aromatic rings. The Kier molecular flexibility index (Phi) is 25.2. The Balaban J connectivity index is 0.000000120. The maximum atomic E-state index is 12.4. The van der Waals surface area contributed by atoms with Crippen LogP contribution in [-0.2, 0) is 42.1 Å². The number of rotatable bonds is 25. The van der Waals surface area contributed by atoms with Crippen LogP contribution in [-0.4, -0.2) is 181 Å². The summed E-state index contributed by atoms with van der Waals surface area (Å²) in [7, 11) is -3.74. The lowest BCUT2D eigenvalue weighted by Gasteiger charge is -2.39. The average molecular weight is 1930 g/mol. The summed E-state index contributed by atoms with van der Waals surface area (Å²) in [4.78, 5) is 79.7. The number of hydrogen-bond donors (Lipinski definition) is 2. The molecule has 0 bridgehead atoms. The zero-order valence-electron chi connectivity index (χ0n) is 82.3. The van der Waals surface area contributed by atoms with Gasteiger partial charge in [-0.05, 0) is 345 Å². The molecule has 33 heteroatoms. The van der Waals surface area contributed by atoms with E-state index < -0.39 is 69.3 Å². The number of nitrogens with zero attached hydrogens (tertiary/aromatic N) is 9. The number of carbonyl (C=O) groups is 6. The summed E-state index contributed by atoms with van der Waals surface area (Å²) in [6, 6.07) is 13.2. The zero-order chi connectivity index (χ0) is 96.5. The van der Waals surface area contributed by atoms with Gasteiger partial charge in [-0.3, -0.25) is 9.59 Å². The molecule has 3 unspecified atom stereocenters. The molecule has 0 aromatic carbocycles. The number of hydrogen-bond acceptors (Lipinski definition) is 24. The van der Waals surface area contributed by atoms with Crippen LogP contribution in [0.1, 0.15) is 281 Å². The van der Waals surface area contributed by atoms with Crippen LogP contribution in [0.5, 0.6) is 23.5 Å². The molecule has 728 valence electrons. The Morgan fingerprint density at radius 3 is 1.19 bits per heavy atom. The Bertz CT molecular complexity index is 5280. The van der Waals surface area contributed by atoms with E-state index in [1.54, 1.807) is 104 Å². The lowest BCUT2D eigenvalue weighted by Crippen LogP contribution is -2.46. The minimum Gasteiger partial charge on any atom is -0.475 e. The van der Waals surface area contributed by atoms with Crippen molar-refractivity contribution in [1.82, 2.24) is 49.5 Å². The van der Waals surface area contributed by atoms with Crippen LogP contribution >= 0.6 is 34.8 Å². The molecule has 0 saturated heterocycles. The van der Waals surface area contributed by atoms with Crippen LogP contribution in [0, 0.1) is 83.7 Å². The smallest absolute Gasteiger partial charge is 0.435 e. The lowest BCUT2D eigenvalue weighted by molar-refractivity contribution is -0.145. The van der Waals surface area contributed by atoms with Gasteiger partial charge in [-0.25, -0.2) is 38.9 Å².